The Morgan fingerprint density at radius 3 is 2.67 bits per heavy atom. The molecule has 0 radical (unpaired) electrons. The Labute approximate surface area is 123 Å². The molecule has 0 aliphatic carbocycles. The second-order valence-corrected chi connectivity index (χ2v) is 5.56. The van der Waals surface area contributed by atoms with Gasteiger partial charge in [0.1, 0.15) is 11.9 Å². The van der Waals surface area contributed by atoms with E-state index in [0.29, 0.717) is 31.1 Å². The van der Waals surface area contributed by atoms with Gasteiger partial charge in [-0.3, -0.25) is 4.79 Å². The summed E-state index contributed by atoms with van der Waals surface area (Å²) in [5.74, 6) is -0.153. The van der Waals surface area contributed by atoms with Gasteiger partial charge in [-0.05, 0) is 36.6 Å². The van der Waals surface area contributed by atoms with Crippen LogP contribution < -0.4 is 15.5 Å². The molecule has 0 saturated carbocycles. The van der Waals surface area contributed by atoms with Crippen molar-refractivity contribution in [3.05, 3.63) is 30.1 Å². The minimum atomic E-state index is -0.526. The van der Waals surface area contributed by atoms with E-state index in [0.717, 1.165) is 0 Å². The van der Waals surface area contributed by atoms with Gasteiger partial charge in [-0.15, -0.1) is 0 Å². The number of nitrogens with zero attached hydrogens (tertiary/aromatic N) is 1. The maximum absolute atomic E-state index is 12.9. The quantitative estimate of drug-likeness (QED) is 0.890. The molecule has 2 rings (SSSR count). The first-order valence-electron chi connectivity index (χ1n) is 7.08. The zero-order valence-corrected chi connectivity index (χ0v) is 12.2. The highest BCUT2D eigenvalue weighted by Gasteiger charge is 2.33. The summed E-state index contributed by atoms with van der Waals surface area (Å²) in [7, 11) is 0. The van der Waals surface area contributed by atoms with Gasteiger partial charge >= 0.3 is 6.03 Å². The average Bonchev–Trinajstić information content (AvgIpc) is 2.79. The van der Waals surface area contributed by atoms with E-state index in [2.05, 4.69) is 10.6 Å². The van der Waals surface area contributed by atoms with Crippen molar-refractivity contribution in [2.45, 2.75) is 26.3 Å². The van der Waals surface area contributed by atoms with E-state index in [1.165, 1.54) is 12.1 Å². The minimum absolute atomic E-state index is 0.165. The van der Waals surface area contributed by atoms with Gasteiger partial charge in [0.2, 0.25) is 5.91 Å². The van der Waals surface area contributed by atoms with Crippen LogP contribution in [0.15, 0.2) is 24.3 Å². The molecule has 1 aliphatic heterocycles. The third-order valence-corrected chi connectivity index (χ3v) is 3.32. The van der Waals surface area contributed by atoms with Crippen molar-refractivity contribution >= 4 is 17.6 Å². The number of urea groups is 1. The molecule has 1 fully saturated rings. The van der Waals surface area contributed by atoms with Crippen molar-refractivity contribution in [1.29, 1.82) is 0 Å². The van der Waals surface area contributed by atoms with E-state index in [-0.39, 0.29) is 17.8 Å². The molecule has 2 N–H and O–H groups in total. The van der Waals surface area contributed by atoms with E-state index in [1.54, 1.807) is 17.0 Å². The highest BCUT2D eigenvalue weighted by atomic mass is 19.1. The predicted molar refractivity (Wildman–Crippen MR) is 78.5 cm³/mol. The summed E-state index contributed by atoms with van der Waals surface area (Å²) in [6, 6.07) is 4.91. The van der Waals surface area contributed by atoms with Crippen molar-refractivity contribution in [3.8, 4) is 0 Å². The molecular formula is C15H20FN3O2. The van der Waals surface area contributed by atoms with Crippen molar-refractivity contribution in [2.24, 2.45) is 5.92 Å². The van der Waals surface area contributed by atoms with E-state index in [9.17, 15) is 14.0 Å². The first kappa shape index (κ1) is 15.3. The Bertz CT molecular complexity index is 516. The normalized spacial score (nSPS) is 18.2. The Hall–Kier alpha value is -2.11. The fraction of sp³-hybridized carbons (Fsp3) is 0.467. The summed E-state index contributed by atoms with van der Waals surface area (Å²) in [4.78, 5) is 25.5. The number of hydrogen-bond acceptors (Lipinski definition) is 2. The Balaban J connectivity index is 1.92. The lowest BCUT2D eigenvalue weighted by Gasteiger charge is -2.17. The second kappa shape index (κ2) is 6.56. The average molecular weight is 293 g/mol. The van der Waals surface area contributed by atoms with Gasteiger partial charge in [-0.1, -0.05) is 13.8 Å². The number of carbonyl (C=O) groups is 2. The van der Waals surface area contributed by atoms with Crippen LogP contribution in [0.3, 0.4) is 0 Å². The highest BCUT2D eigenvalue weighted by Crippen LogP contribution is 2.21. The van der Waals surface area contributed by atoms with Gasteiger partial charge in [-0.2, -0.15) is 0 Å². The van der Waals surface area contributed by atoms with Crippen LogP contribution in [0.2, 0.25) is 0 Å². The molecule has 6 heteroatoms. The maximum Gasteiger partial charge on any atom is 0.315 e. The summed E-state index contributed by atoms with van der Waals surface area (Å²) >= 11 is 0. The predicted octanol–water partition coefficient (Wildman–Crippen LogP) is 1.89. The molecule has 0 bridgehead atoms. The minimum Gasteiger partial charge on any atom is -0.338 e. The summed E-state index contributed by atoms with van der Waals surface area (Å²) in [5.41, 5.74) is 0.647. The standard InChI is InChI=1S/C15H20FN3O2/c1-10(2)9-17-15(21)18-13-7-8-19(14(13)20)12-5-3-11(16)4-6-12/h3-6,10,13H,7-9H2,1-2H3,(H2,17,18,21)/t13-/m0/s1. The van der Waals surface area contributed by atoms with Crippen molar-refractivity contribution in [1.82, 2.24) is 10.6 Å². The molecule has 21 heavy (non-hydrogen) atoms. The van der Waals surface area contributed by atoms with Gasteiger partial charge < -0.3 is 15.5 Å². The summed E-state index contributed by atoms with van der Waals surface area (Å²) in [5, 5.41) is 5.40. The van der Waals surface area contributed by atoms with E-state index >= 15 is 0 Å². The topological polar surface area (TPSA) is 61.4 Å². The van der Waals surface area contributed by atoms with Crippen LogP contribution in [0, 0.1) is 11.7 Å². The molecule has 1 saturated heterocycles. The van der Waals surface area contributed by atoms with Gasteiger partial charge in [0.15, 0.2) is 0 Å². The Morgan fingerprint density at radius 1 is 1.38 bits per heavy atom. The first-order valence-corrected chi connectivity index (χ1v) is 7.08. The number of benzene rings is 1. The lowest BCUT2D eigenvalue weighted by molar-refractivity contribution is -0.118. The fourth-order valence-electron chi connectivity index (χ4n) is 2.20. The molecule has 1 heterocycles. The smallest absolute Gasteiger partial charge is 0.315 e. The molecule has 114 valence electrons. The molecule has 0 aromatic heterocycles. The zero-order chi connectivity index (χ0) is 15.4. The zero-order valence-electron chi connectivity index (χ0n) is 12.2. The maximum atomic E-state index is 12.9. The largest absolute Gasteiger partial charge is 0.338 e. The number of halogens is 1. The molecule has 0 unspecified atom stereocenters. The van der Waals surface area contributed by atoms with Crippen LogP contribution in [0.1, 0.15) is 20.3 Å². The van der Waals surface area contributed by atoms with E-state index < -0.39 is 6.04 Å². The number of rotatable bonds is 4. The molecular weight excluding hydrogens is 273 g/mol. The van der Waals surface area contributed by atoms with Crippen LogP contribution in [-0.2, 0) is 4.79 Å². The van der Waals surface area contributed by atoms with Gasteiger partial charge in [0.05, 0.1) is 0 Å². The molecule has 1 aromatic rings. The molecule has 1 atom stereocenters. The van der Waals surface area contributed by atoms with E-state index in [1.807, 2.05) is 13.8 Å². The van der Waals surface area contributed by atoms with Crippen LogP contribution in [0.5, 0.6) is 0 Å². The van der Waals surface area contributed by atoms with Crippen molar-refractivity contribution in [3.63, 3.8) is 0 Å². The lowest BCUT2D eigenvalue weighted by atomic mass is 10.2. The third kappa shape index (κ3) is 3.93. The molecule has 0 spiro atoms. The number of anilines is 1. The lowest BCUT2D eigenvalue weighted by Crippen LogP contribution is -2.46. The van der Waals surface area contributed by atoms with Crippen LogP contribution >= 0.6 is 0 Å². The monoisotopic (exact) mass is 293 g/mol. The molecule has 1 aliphatic rings. The number of hydrogen-bond donors (Lipinski definition) is 2. The van der Waals surface area contributed by atoms with Gasteiger partial charge in [0, 0.05) is 18.8 Å². The molecule has 5 nitrogen and oxygen atoms in total. The summed E-state index contributed by atoms with van der Waals surface area (Å²) < 4.78 is 12.9. The van der Waals surface area contributed by atoms with Crippen LogP contribution in [-0.4, -0.2) is 31.1 Å². The second-order valence-electron chi connectivity index (χ2n) is 5.56. The first-order chi connectivity index (χ1) is 9.97. The number of nitrogens with one attached hydrogen (secondary N) is 2. The fourth-order valence-corrected chi connectivity index (χ4v) is 2.20. The summed E-state index contributed by atoms with van der Waals surface area (Å²) in [6.07, 6.45) is 0.547. The van der Waals surface area contributed by atoms with Gasteiger partial charge in [-0.25, -0.2) is 9.18 Å². The van der Waals surface area contributed by atoms with Crippen molar-refractivity contribution in [2.75, 3.05) is 18.0 Å². The SMILES string of the molecule is CC(C)CNC(=O)N[C@H]1CCN(c2ccc(F)cc2)C1=O. The number of amides is 3. The van der Waals surface area contributed by atoms with Gasteiger partial charge in [0.25, 0.3) is 0 Å². The molecule has 3 amide bonds. The van der Waals surface area contributed by atoms with Crippen molar-refractivity contribution < 1.29 is 14.0 Å². The summed E-state index contributed by atoms with van der Waals surface area (Å²) in [6.45, 7) is 5.07. The van der Waals surface area contributed by atoms with E-state index in [4.69, 9.17) is 0 Å². The van der Waals surface area contributed by atoms with Crippen LogP contribution in [0.4, 0.5) is 14.9 Å². The van der Waals surface area contributed by atoms with Crippen LogP contribution in [0.25, 0.3) is 0 Å². The number of carbonyl (C=O) groups excluding carboxylic acids is 2. The molecule has 1 aromatic carbocycles. The highest BCUT2D eigenvalue weighted by molar-refractivity contribution is 6.01. The Morgan fingerprint density at radius 2 is 2.05 bits per heavy atom. The third-order valence-electron chi connectivity index (χ3n) is 3.32. The Kier molecular flexibility index (Phi) is 4.77.